The molecule has 5 heteroatoms. The van der Waals surface area contributed by atoms with E-state index < -0.39 is 0 Å². The highest BCUT2D eigenvalue weighted by molar-refractivity contribution is 5.47. The third kappa shape index (κ3) is 3.13. The summed E-state index contributed by atoms with van der Waals surface area (Å²) in [6.07, 6.45) is 6.36. The van der Waals surface area contributed by atoms with Crippen molar-refractivity contribution in [1.29, 1.82) is 0 Å². The minimum atomic E-state index is -0.0179. The van der Waals surface area contributed by atoms with Crippen molar-refractivity contribution in [3.63, 3.8) is 0 Å². The second kappa shape index (κ2) is 5.71. The molecular weight excluding hydrogens is 276 g/mol. The van der Waals surface area contributed by atoms with E-state index in [-0.39, 0.29) is 5.41 Å². The maximum atomic E-state index is 5.83. The first-order valence-electron chi connectivity index (χ1n) is 7.99. The third-order valence-corrected chi connectivity index (χ3v) is 3.99. The molecule has 22 heavy (non-hydrogen) atoms. The molecule has 0 aliphatic heterocycles. The van der Waals surface area contributed by atoms with E-state index in [1.807, 2.05) is 13.1 Å². The lowest BCUT2D eigenvalue weighted by molar-refractivity contribution is 0.385. The molecule has 118 valence electrons. The molecule has 5 nitrogen and oxygen atoms in total. The Kier molecular flexibility index (Phi) is 3.89. The summed E-state index contributed by atoms with van der Waals surface area (Å²) in [5.41, 5.74) is 2.44. The molecule has 0 spiro atoms. The van der Waals surface area contributed by atoms with Crippen LogP contribution in [0.5, 0.6) is 0 Å². The molecule has 0 fully saturated rings. The second-order valence-electron chi connectivity index (χ2n) is 6.97. The van der Waals surface area contributed by atoms with Crippen LogP contribution in [0.2, 0.25) is 0 Å². The first kappa shape index (κ1) is 15.0. The molecule has 2 aromatic rings. The van der Waals surface area contributed by atoms with Crippen LogP contribution < -0.4 is 5.32 Å². The molecular formula is C17H24N4O. The molecule has 2 heterocycles. The normalized spacial score (nSPS) is 14.7. The van der Waals surface area contributed by atoms with Crippen molar-refractivity contribution in [2.45, 2.75) is 65.3 Å². The van der Waals surface area contributed by atoms with Gasteiger partial charge in [-0.25, -0.2) is 15.0 Å². The van der Waals surface area contributed by atoms with E-state index in [4.69, 9.17) is 4.42 Å². The van der Waals surface area contributed by atoms with E-state index in [1.165, 1.54) is 24.1 Å². The Labute approximate surface area is 131 Å². The summed E-state index contributed by atoms with van der Waals surface area (Å²) in [7, 11) is 0. The van der Waals surface area contributed by atoms with Crippen LogP contribution in [-0.4, -0.2) is 15.0 Å². The van der Waals surface area contributed by atoms with Crippen molar-refractivity contribution < 1.29 is 4.42 Å². The molecule has 0 saturated heterocycles. The van der Waals surface area contributed by atoms with Gasteiger partial charge in [-0.15, -0.1) is 0 Å². The van der Waals surface area contributed by atoms with Crippen LogP contribution in [0.3, 0.4) is 0 Å². The Morgan fingerprint density at radius 1 is 1.18 bits per heavy atom. The van der Waals surface area contributed by atoms with Crippen molar-refractivity contribution in [1.82, 2.24) is 15.0 Å². The van der Waals surface area contributed by atoms with Crippen LogP contribution in [-0.2, 0) is 24.8 Å². The topological polar surface area (TPSA) is 63.8 Å². The Balaban J connectivity index is 1.77. The summed E-state index contributed by atoms with van der Waals surface area (Å²) >= 11 is 0. The fraction of sp³-hybridized carbons (Fsp3) is 0.588. The predicted molar refractivity (Wildman–Crippen MR) is 85.9 cm³/mol. The molecule has 0 atom stereocenters. The smallest absolute Gasteiger partial charge is 0.213 e. The van der Waals surface area contributed by atoms with Gasteiger partial charge in [0.1, 0.15) is 17.4 Å². The molecule has 3 rings (SSSR count). The van der Waals surface area contributed by atoms with Crippen LogP contribution in [0.4, 0.5) is 5.82 Å². The summed E-state index contributed by atoms with van der Waals surface area (Å²) in [6, 6.07) is 0. The van der Waals surface area contributed by atoms with Crippen LogP contribution in [0.15, 0.2) is 10.6 Å². The molecule has 1 aliphatic rings. The highest BCUT2D eigenvalue weighted by Crippen LogP contribution is 2.26. The van der Waals surface area contributed by atoms with Crippen LogP contribution in [0.1, 0.15) is 62.3 Å². The Morgan fingerprint density at radius 2 is 1.95 bits per heavy atom. The van der Waals surface area contributed by atoms with Crippen LogP contribution in [0, 0.1) is 6.92 Å². The van der Waals surface area contributed by atoms with E-state index >= 15 is 0 Å². The van der Waals surface area contributed by atoms with E-state index in [2.05, 4.69) is 41.0 Å². The Hall–Kier alpha value is -1.91. The van der Waals surface area contributed by atoms with Crippen molar-refractivity contribution >= 4 is 5.82 Å². The van der Waals surface area contributed by atoms with Gasteiger partial charge < -0.3 is 9.73 Å². The number of hydrogen-bond acceptors (Lipinski definition) is 5. The van der Waals surface area contributed by atoms with Gasteiger partial charge in [0, 0.05) is 16.7 Å². The molecule has 1 N–H and O–H groups in total. The van der Waals surface area contributed by atoms with Gasteiger partial charge in [-0.2, -0.15) is 0 Å². The number of anilines is 1. The number of hydrogen-bond donors (Lipinski definition) is 1. The Bertz CT molecular complexity index is 670. The highest BCUT2D eigenvalue weighted by Gasteiger charge is 2.20. The van der Waals surface area contributed by atoms with Gasteiger partial charge in [0.05, 0.1) is 12.7 Å². The number of fused-ring (bicyclic) bond motifs is 1. The first-order chi connectivity index (χ1) is 10.4. The standard InChI is InChI=1S/C17H24N4O/c1-11-20-13-8-6-5-7-12(13)16(21-11)19-10-15-18-9-14(22-15)17(2,3)4/h9H,5-8,10H2,1-4H3,(H,19,20,21). The van der Waals surface area contributed by atoms with Crippen molar-refractivity contribution in [2.75, 3.05) is 5.32 Å². The van der Waals surface area contributed by atoms with Crippen LogP contribution in [0.25, 0.3) is 0 Å². The summed E-state index contributed by atoms with van der Waals surface area (Å²) in [4.78, 5) is 13.5. The van der Waals surface area contributed by atoms with E-state index in [1.54, 1.807) is 0 Å². The number of oxazole rings is 1. The van der Waals surface area contributed by atoms with Gasteiger partial charge in [-0.1, -0.05) is 20.8 Å². The monoisotopic (exact) mass is 300 g/mol. The maximum absolute atomic E-state index is 5.83. The summed E-state index contributed by atoms with van der Waals surface area (Å²) in [5, 5.41) is 3.39. The van der Waals surface area contributed by atoms with E-state index in [0.29, 0.717) is 12.4 Å². The molecule has 0 saturated carbocycles. The molecule has 0 unspecified atom stereocenters. The Morgan fingerprint density at radius 3 is 2.68 bits per heavy atom. The van der Waals surface area contributed by atoms with Gasteiger partial charge in [0.15, 0.2) is 0 Å². The fourth-order valence-electron chi connectivity index (χ4n) is 2.76. The van der Waals surface area contributed by atoms with Crippen LogP contribution >= 0.6 is 0 Å². The molecule has 0 amide bonds. The van der Waals surface area contributed by atoms with Gasteiger partial charge in [0.2, 0.25) is 5.89 Å². The zero-order valence-electron chi connectivity index (χ0n) is 13.9. The molecule has 0 radical (unpaired) electrons. The average molecular weight is 300 g/mol. The lowest BCUT2D eigenvalue weighted by Gasteiger charge is -2.18. The lowest BCUT2D eigenvalue weighted by Crippen LogP contribution is -2.14. The number of nitrogens with one attached hydrogen (secondary N) is 1. The predicted octanol–water partition coefficient (Wildman–Crippen LogP) is 3.56. The number of rotatable bonds is 3. The quantitative estimate of drug-likeness (QED) is 0.939. The van der Waals surface area contributed by atoms with E-state index in [0.717, 1.165) is 30.2 Å². The summed E-state index contributed by atoms with van der Waals surface area (Å²) in [5.74, 6) is 3.37. The number of aromatic nitrogens is 3. The second-order valence-corrected chi connectivity index (χ2v) is 6.97. The average Bonchev–Trinajstić information content (AvgIpc) is 2.93. The lowest BCUT2D eigenvalue weighted by atomic mass is 9.94. The highest BCUT2D eigenvalue weighted by atomic mass is 16.4. The van der Waals surface area contributed by atoms with E-state index in [9.17, 15) is 0 Å². The number of nitrogens with zero attached hydrogens (tertiary/aromatic N) is 3. The first-order valence-corrected chi connectivity index (χ1v) is 7.99. The van der Waals surface area contributed by atoms with Gasteiger partial charge >= 0.3 is 0 Å². The zero-order valence-corrected chi connectivity index (χ0v) is 13.9. The minimum Gasteiger partial charge on any atom is -0.443 e. The fourth-order valence-corrected chi connectivity index (χ4v) is 2.76. The minimum absolute atomic E-state index is 0.0179. The summed E-state index contributed by atoms with van der Waals surface area (Å²) in [6.45, 7) is 8.86. The van der Waals surface area contributed by atoms with Gasteiger partial charge in [-0.3, -0.25) is 0 Å². The molecule has 2 aromatic heterocycles. The molecule has 0 bridgehead atoms. The third-order valence-electron chi connectivity index (χ3n) is 3.99. The summed E-state index contributed by atoms with van der Waals surface area (Å²) < 4.78 is 5.83. The van der Waals surface area contributed by atoms with Crippen molar-refractivity contribution in [2.24, 2.45) is 0 Å². The number of aryl methyl sites for hydroxylation is 2. The maximum Gasteiger partial charge on any atom is 0.213 e. The van der Waals surface area contributed by atoms with Crippen molar-refractivity contribution in [3.05, 3.63) is 34.9 Å². The zero-order chi connectivity index (χ0) is 15.7. The van der Waals surface area contributed by atoms with Gasteiger partial charge in [-0.05, 0) is 32.6 Å². The molecule has 0 aromatic carbocycles. The largest absolute Gasteiger partial charge is 0.443 e. The SMILES string of the molecule is Cc1nc2c(c(NCc3ncc(C(C)(C)C)o3)n1)CCCC2. The van der Waals surface area contributed by atoms with Gasteiger partial charge in [0.25, 0.3) is 0 Å². The molecule has 1 aliphatic carbocycles. The van der Waals surface area contributed by atoms with Crippen molar-refractivity contribution in [3.8, 4) is 0 Å².